The summed E-state index contributed by atoms with van der Waals surface area (Å²) in [6.45, 7) is 8.95. The van der Waals surface area contributed by atoms with Crippen molar-refractivity contribution in [3.8, 4) is 0 Å². The van der Waals surface area contributed by atoms with Gasteiger partial charge < -0.3 is 4.98 Å². The van der Waals surface area contributed by atoms with Gasteiger partial charge in [0.05, 0.1) is 0 Å². The van der Waals surface area contributed by atoms with Gasteiger partial charge in [0.15, 0.2) is 0 Å². The number of benzene rings is 1. The molecule has 0 aliphatic heterocycles. The van der Waals surface area contributed by atoms with Gasteiger partial charge in [-0.1, -0.05) is 20.8 Å². The zero-order chi connectivity index (χ0) is 10.3. The molecule has 1 aromatic carbocycles. The van der Waals surface area contributed by atoms with E-state index in [2.05, 4.69) is 50.9 Å². The Morgan fingerprint density at radius 2 is 1.86 bits per heavy atom. The third-order valence-corrected chi connectivity index (χ3v) is 2.71. The van der Waals surface area contributed by atoms with Crippen LogP contribution in [0.15, 0.2) is 24.4 Å². The maximum Gasteiger partial charge on any atom is 0.0457 e. The molecule has 0 unspecified atom stereocenters. The zero-order valence-electron chi connectivity index (χ0n) is 9.31. The summed E-state index contributed by atoms with van der Waals surface area (Å²) in [4.78, 5) is 3.26. The van der Waals surface area contributed by atoms with E-state index >= 15 is 0 Å². The fourth-order valence-electron chi connectivity index (χ4n) is 2.02. The predicted octanol–water partition coefficient (Wildman–Crippen LogP) is 3.77. The molecule has 74 valence electrons. The van der Waals surface area contributed by atoms with E-state index in [-0.39, 0.29) is 5.41 Å². The molecule has 1 nitrogen and oxygen atoms in total. The molecule has 1 heteroatoms. The minimum Gasteiger partial charge on any atom is -0.361 e. The van der Waals surface area contributed by atoms with Crippen LogP contribution >= 0.6 is 0 Å². The first-order chi connectivity index (χ1) is 6.48. The lowest BCUT2D eigenvalue weighted by atomic mass is 9.83. The number of aryl methyl sites for hydroxylation is 1. The molecule has 0 bridgehead atoms. The highest BCUT2D eigenvalue weighted by Gasteiger charge is 2.16. The maximum atomic E-state index is 3.26. The quantitative estimate of drug-likeness (QED) is 0.646. The molecule has 0 fully saturated rings. The fourth-order valence-corrected chi connectivity index (χ4v) is 2.02. The van der Waals surface area contributed by atoms with E-state index in [1.165, 1.54) is 22.0 Å². The van der Waals surface area contributed by atoms with Crippen LogP contribution in [-0.2, 0) is 5.41 Å². The van der Waals surface area contributed by atoms with Crippen molar-refractivity contribution in [1.82, 2.24) is 4.98 Å². The Bertz CT molecular complexity index is 458. The Morgan fingerprint density at radius 3 is 2.50 bits per heavy atom. The minimum atomic E-state index is 0.226. The largest absolute Gasteiger partial charge is 0.361 e. The number of H-pyrrole nitrogens is 1. The Hall–Kier alpha value is -1.24. The Morgan fingerprint density at radius 1 is 1.14 bits per heavy atom. The smallest absolute Gasteiger partial charge is 0.0457 e. The van der Waals surface area contributed by atoms with Crippen molar-refractivity contribution in [2.24, 2.45) is 0 Å². The van der Waals surface area contributed by atoms with Crippen molar-refractivity contribution in [3.63, 3.8) is 0 Å². The second kappa shape index (κ2) is 2.88. The molecule has 2 rings (SSSR count). The summed E-state index contributed by atoms with van der Waals surface area (Å²) in [5.74, 6) is 0. The summed E-state index contributed by atoms with van der Waals surface area (Å²) in [5, 5.41) is 1.30. The van der Waals surface area contributed by atoms with Crippen LogP contribution in [0.25, 0.3) is 10.9 Å². The van der Waals surface area contributed by atoms with Crippen LogP contribution in [0.2, 0.25) is 0 Å². The summed E-state index contributed by atoms with van der Waals surface area (Å²) >= 11 is 0. The lowest BCUT2D eigenvalue weighted by molar-refractivity contribution is 0.587. The molecule has 2 aromatic rings. The molecule has 0 atom stereocenters. The molecule has 14 heavy (non-hydrogen) atoms. The molecule has 1 aromatic heterocycles. The van der Waals surface area contributed by atoms with Gasteiger partial charge in [-0.15, -0.1) is 0 Å². The molecular formula is C13H17N. The van der Waals surface area contributed by atoms with Crippen LogP contribution in [0.1, 0.15) is 31.9 Å². The molecule has 1 heterocycles. The molecule has 0 saturated carbocycles. The first-order valence-corrected chi connectivity index (χ1v) is 5.07. The van der Waals surface area contributed by atoms with Crippen LogP contribution < -0.4 is 0 Å². The molecule has 0 saturated heterocycles. The molecule has 0 spiro atoms. The average molecular weight is 187 g/mol. The van der Waals surface area contributed by atoms with Gasteiger partial charge in [-0.05, 0) is 47.1 Å². The van der Waals surface area contributed by atoms with E-state index in [0.717, 1.165) is 0 Å². The van der Waals surface area contributed by atoms with Crippen molar-refractivity contribution >= 4 is 10.9 Å². The van der Waals surface area contributed by atoms with Crippen molar-refractivity contribution in [2.75, 3.05) is 0 Å². The lowest BCUT2D eigenvalue weighted by Gasteiger charge is -2.21. The van der Waals surface area contributed by atoms with Gasteiger partial charge >= 0.3 is 0 Å². The summed E-state index contributed by atoms with van der Waals surface area (Å²) < 4.78 is 0. The molecule has 0 amide bonds. The normalized spacial score (nSPS) is 12.3. The number of aromatic nitrogens is 1. The molecule has 0 radical (unpaired) electrons. The van der Waals surface area contributed by atoms with Crippen LogP contribution in [0, 0.1) is 6.92 Å². The minimum absolute atomic E-state index is 0.226. The number of rotatable bonds is 0. The van der Waals surface area contributed by atoms with Gasteiger partial charge in [-0.25, -0.2) is 0 Å². The number of hydrogen-bond donors (Lipinski definition) is 1. The summed E-state index contributed by atoms with van der Waals surface area (Å²) in [6.07, 6.45) is 2.00. The molecule has 1 N–H and O–H groups in total. The fraction of sp³-hybridized carbons (Fsp3) is 0.385. The van der Waals surface area contributed by atoms with E-state index < -0.39 is 0 Å². The molecule has 0 aliphatic carbocycles. The van der Waals surface area contributed by atoms with Crippen LogP contribution in [-0.4, -0.2) is 4.98 Å². The lowest BCUT2D eigenvalue weighted by Crippen LogP contribution is -2.12. The van der Waals surface area contributed by atoms with Crippen molar-refractivity contribution in [1.29, 1.82) is 0 Å². The zero-order valence-corrected chi connectivity index (χ0v) is 9.31. The van der Waals surface area contributed by atoms with Crippen LogP contribution in [0.5, 0.6) is 0 Å². The van der Waals surface area contributed by atoms with E-state index in [9.17, 15) is 0 Å². The standard InChI is InChI=1S/C13H17N/c1-9-7-10-5-6-14-12(10)8-11(9)13(2,3)4/h5-8,14H,1-4H3. The van der Waals surface area contributed by atoms with Gasteiger partial charge in [0, 0.05) is 11.7 Å². The monoisotopic (exact) mass is 187 g/mol. The average Bonchev–Trinajstić information content (AvgIpc) is 2.47. The van der Waals surface area contributed by atoms with Crippen molar-refractivity contribution in [3.05, 3.63) is 35.5 Å². The van der Waals surface area contributed by atoms with E-state index in [4.69, 9.17) is 0 Å². The maximum absolute atomic E-state index is 3.26. The number of aromatic amines is 1. The highest BCUT2D eigenvalue weighted by Crippen LogP contribution is 2.28. The van der Waals surface area contributed by atoms with Crippen LogP contribution in [0.3, 0.4) is 0 Å². The summed E-state index contributed by atoms with van der Waals surface area (Å²) in [5.41, 5.74) is 4.27. The molecular weight excluding hydrogens is 170 g/mol. The van der Waals surface area contributed by atoms with Gasteiger partial charge in [-0.3, -0.25) is 0 Å². The number of fused-ring (bicyclic) bond motifs is 1. The number of hydrogen-bond acceptors (Lipinski definition) is 0. The first-order valence-electron chi connectivity index (χ1n) is 5.07. The summed E-state index contributed by atoms with van der Waals surface area (Å²) in [6, 6.07) is 6.64. The third-order valence-electron chi connectivity index (χ3n) is 2.71. The highest BCUT2D eigenvalue weighted by molar-refractivity contribution is 5.81. The highest BCUT2D eigenvalue weighted by atomic mass is 14.7. The van der Waals surface area contributed by atoms with E-state index in [1.54, 1.807) is 0 Å². The van der Waals surface area contributed by atoms with E-state index in [1.807, 2.05) is 6.20 Å². The third kappa shape index (κ3) is 1.43. The van der Waals surface area contributed by atoms with Crippen LogP contribution in [0.4, 0.5) is 0 Å². The van der Waals surface area contributed by atoms with Gasteiger partial charge in [0.1, 0.15) is 0 Å². The molecule has 0 aliphatic rings. The first kappa shape index (κ1) is 9.32. The second-order valence-corrected chi connectivity index (χ2v) is 4.98. The van der Waals surface area contributed by atoms with E-state index in [0.29, 0.717) is 0 Å². The van der Waals surface area contributed by atoms with Crippen molar-refractivity contribution < 1.29 is 0 Å². The predicted molar refractivity (Wildman–Crippen MR) is 61.7 cm³/mol. The Kier molecular flexibility index (Phi) is 1.91. The SMILES string of the molecule is Cc1cc2cc[nH]c2cc1C(C)(C)C. The number of nitrogens with one attached hydrogen (secondary N) is 1. The van der Waals surface area contributed by atoms with Crippen molar-refractivity contribution in [2.45, 2.75) is 33.1 Å². The van der Waals surface area contributed by atoms with Gasteiger partial charge in [0.25, 0.3) is 0 Å². The Balaban J connectivity index is 2.71. The topological polar surface area (TPSA) is 15.8 Å². The van der Waals surface area contributed by atoms with Gasteiger partial charge in [0.2, 0.25) is 0 Å². The van der Waals surface area contributed by atoms with Gasteiger partial charge in [-0.2, -0.15) is 0 Å². The second-order valence-electron chi connectivity index (χ2n) is 4.98. The summed E-state index contributed by atoms with van der Waals surface area (Å²) in [7, 11) is 0. The Labute approximate surface area is 85.1 Å².